The van der Waals surface area contributed by atoms with E-state index in [2.05, 4.69) is 5.32 Å². The summed E-state index contributed by atoms with van der Waals surface area (Å²) in [6.45, 7) is -0.283. The van der Waals surface area contributed by atoms with Crippen LogP contribution in [0, 0.1) is 0 Å². The fourth-order valence-corrected chi connectivity index (χ4v) is 2.19. The van der Waals surface area contributed by atoms with E-state index >= 15 is 0 Å². The number of carbonyl (C=O) groups is 1. The van der Waals surface area contributed by atoms with Crippen LogP contribution in [0.2, 0.25) is 0 Å². The number of urea groups is 1. The number of hydrogen-bond donors (Lipinski definition) is 4. The molecule has 2 rings (SSSR count). The van der Waals surface area contributed by atoms with Gasteiger partial charge in [0.15, 0.2) is 0 Å². The van der Waals surface area contributed by atoms with Crippen molar-refractivity contribution in [1.29, 1.82) is 0 Å². The monoisotopic (exact) mass is 264 g/mol. The molecule has 5 atom stereocenters. The molecule has 0 aromatic rings. The zero-order valence-electron chi connectivity index (χ0n) is 9.70. The largest absolute Gasteiger partial charge is 0.394 e. The van der Waals surface area contributed by atoms with Gasteiger partial charge in [0.05, 0.1) is 6.61 Å². The van der Waals surface area contributed by atoms with Gasteiger partial charge < -0.3 is 25.4 Å². The molecule has 0 spiro atoms. The molecule has 8 heteroatoms. The molecule has 2 heterocycles. The summed E-state index contributed by atoms with van der Waals surface area (Å²) in [4.78, 5) is 12.9. The lowest BCUT2D eigenvalue weighted by molar-refractivity contribution is -0.198. The molecule has 2 aliphatic rings. The molecule has 2 saturated heterocycles. The van der Waals surface area contributed by atoms with Crippen LogP contribution in [0.25, 0.3) is 0 Å². The van der Waals surface area contributed by atoms with Crippen molar-refractivity contribution in [3.05, 3.63) is 0 Å². The summed E-state index contributed by atoms with van der Waals surface area (Å²) >= 11 is 0. The number of hydrogen-bond acceptors (Lipinski definition) is 5. The van der Waals surface area contributed by atoms with Crippen molar-refractivity contribution in [3.63, 3.8) is 0 Å². The quantitative estimate of drug-likeness (QED) is 0.487. The number of aliphatic hydroxyl groups excluding tert-OH is 3. The van der Waals surface area contributed by atoms with Crippen LogP contribution in [-0.4, -0.2) is 70.2 Å². The molecule has 2 fully saturated rings. The van der Waals surface area contributed by atoms with Crippen molar-refractivity contribution < 1.29 is 29.2 Å². The maximum atomic E-state index is 13.6. The first-order valence-corrected chi connectivity index (χ1v) is 5.86. The van der Waals surface area contributed by atoms with Crippen LogP contribution in [0.3, 0.4) is 0 Å². The zero-order valence-corrected chi connectivity index (χ0v) is 9.70. The first-order chi connectivity index (χ1) is 8.52. The van der Waals surface area contributed by atoms with Crippen LogP contribution in [0.5, 0.6) is 0 Å². The molecule has 18 heavy (non-hydrogen) atoms. The predicted octanol–water partition coefficient (Wildman–Crippen LogP) is -1.47. The number of aliphatic hydroxyl groups is 3. The van der Waals surface area contributed by atoms with E-state index in [9.17, 15) is 19.4 Å². The smallest absolute Gasteiger partial charge is 0.321 e. The number of ether oxygens (including phenoxy) is 1. The average molecular weight is 264 g/mol. The van der Waals surface area contributed by atoms with E-state index in [0.29, 0.717) is 6.42 Å². The Morgan fingerprint density at radius 3 is 2.83 bits per heavy atom. The molecule has 0 bridgehead atoms. The van der Waals surface area contributed by atoms with Gasteiger partial charge in [0.25, 0.3) is 0 Å². The van der Waals surface area contributed by atoms with Gasteiger partial charge in [-0.25, -0.2) is 9.18 Å². The van der Waals surface area contributed by atoms with Gasteiger partial charge in [0.2, 0.25) is 0 Å². The van der Waals surface area contributed by atoms with Crippen LogP contribution in [0.4, 0.5) is 9.18 Å². The molecular formula is C10H17FN2O5. The van der Waals surface area contributed by atoms with E-state index in [1.807, 2.05) is 0 Å². The van der Waals surface area contributed by atoms with Gasteiger partial charge in [-0.1, -0.05) is 0 Å². The summed E-state index contributed by atoms with van der Waals surface area (Å²) in [7, 11) is 0. The minimum absolute atomic E-state index is 0.152. The minimum atomic E-state index is -1.56. The Kier molecular flexibility index (Phi) is 4.00. The Morgan fingerprint density at radius 2 is 2.22 bits per heavy atom. The summed E-state index contributed by atoms with van der Waals surface area (Å²) in [6.07, 6.45) is -5.56. The number of nitrogens with zero attached hydrogens (tertiary/aromatic N) is 1. The highest BCUT2D eigenvalue weighted by molar-refractivity contribution is 5.75. The van der Waals surface area contributed by atoms with Crippen LogP contribution < -0.4 is 5.32 Å². The van der Waals surface area contributed by atoms with Gasteiger partial charge in [-0.2, -0.15) is 0 Å². The molecule has 104 valence electrons. The number of alkyl halides is 1. The molecule has 2 amide bonds. The highest BCUT2D eigenvalue weighted by Gasteiger charge is 2.42. The van der Waals surface area contributed by atoms with Crippen molar-refractivity contribution in [2.24, 2.45) is 0 Å². The van der Waals surface area contributed by atoms with Crippen LogP contribution in [0.1, 0.15) is 12.8 Å². The topological polar surface area (TPSA) is 102 Å². The summed E-state index contributed by atoms with van der Waals surface area (Å²) in [5.41, 5.74) is 0. The number of nitrogens with one attached hydrogen (secondary N) is 1. The third kappa shape index (κ3) is 2.56. The maximum Gasteiger partial charge on any atom is 0.321 e. The lowest BCUT2D eigenvalue weighted by Crippen LogP contribution is -2.60. The molecule has 2 aliphatic heterocycles. The lowest BCUT2D eigenvalue weighted by Gasteiger charge is -2.42. The minimum Gasteiger partial charge on any atom is -0.394 e. The number of halogens is 1. The summed E-state index contributed by atoms with van der Waals surface area (Å²) in [6, 6.07) is -0.543. The highest BCUT2D eigenvalue weighted by Crippen LogP contribution is 2.26. The van der Waals surface area contributed by atoms with Crippen LogP contribution >= 0.6 is 0 Å². The Hall–Kier alpha value is -0.960. The van der Waals surface area contributed by atoms with Gasteiger partial charge in [0.1, 0.15) is 30.8 Å². The third-order valence-corrected chi connectivity index (χ3v) is 3.23. The molecule has 4 N–H and O–H groups in total. The number of rotatable bonds is 2. The van der Waals surface area contributed by atoms with Gasteiger partial charge in [-0.15, -0.1) is 0 Å². The predicted molar refractivity (Wildman–Crippen MR) is 57.1 cm³/mol. The number of carbonyl (C=O) groups excluding carboxylic acids is 1. The van der Waals surface area contributed by atoms with Crippen molar-refractivity contribution in [2.45, 2.75) is 43.7 Å². The van der Waals surface area contributed by atoms with E-state index in [4.69, 9.17) is 9.84 Å². The van der Waals surface area contributed by atoms with E-state index in [0.717, 1.165) is 0 Å². The van der Waals surface area contributed by atoms with Gasteiger partial charge in [-0.3, -0.25) is 4.90 Å². The van der Waals surface area contributed by atoms with Crippen molar-refractivity contribution >= 4 is 6.03 Å². The maximum absolute atomic E-state index is 13.6. The Bertz CT molecular complexity index is 319. The normalized spacial score (nSPS) is 41.7. The van der Waals surface area contributed by atoms with Crippen molar-refractivity contribution in [1.82, 2.24) is 10.2 Å². The van der Waals surface area contributed by atoms with E-state index in [1.54, 1.807) is 0 Å². The highest BCUT2D eigenvalue weighted by atomic mass is 19.1. The number of amides is 2. The molecule has 7 nitrogen and oxygen atoms in total. The van der Waals surface area contributed by atoms with Crippen LogP contribution in [0.15, 0.2) is 0 Å². The average Bonchev–Trinajstić information content (AvgIpc) is 2.32. The SMILES string of the molecule is O=C1N[C@H](O)CCN1[C@H]1CC(F)[C@H](O)[C@@H](CO)O1. The second-order valence-corrected chi connectivity index (χ2v) is 4.50. The van der Waals surface area contributed by atoms with Crippen molar-refractivity contribution in [3.8, 4) is 0 Å². The molecular weight excluding hydrogens is 247 g/mol. The summed E-state index contributed by atoms with van der Waals surface area (Å²) in [5, 5.41) is 30.0. The first-order valence-electron chi connectivity index (χ1n) is 5.86. The third-order valence-electron chi connectivity index (χ3n) is 3.23. The Morgan fingerprint density at radius 1 is 1.50 bits per heavy atom. The molecule has 0 aromatic heterocycles. The second-order valence-electron chi connectivity index (χ2n) is 4.50. The second kappa shape index (κ2) is 5.35. The van der Waals surface area contributed by atoms with Gasteiger partial charge >= 0.3 is 6.03 Å². The standard InChI is InChI=1S/C10H17FN2O5/c11-5-3-8(18-6(4-14)9(5)16)13-2-1-7(15)12-10(13)17/h5-9,14-16H,1-4H2,(H,12,17)/t5?,6-,7-,8-,9+/m1/s1. The Labute approximate surface area is 103 Å². The van der Waals surface area contributed by atoms with E-state index in [-0.39, 0.29) is 13.0 Å². The fraction of sp³-hybridized carbons (Fsp3) is 0.900. The zero-order chi connectivity index (χ0) is 13.3. The van der Waals surface area contributed by atoms with Crippen LogP contribution in [-0.2, 0) is 4.74 Å². The molecule has 0 aliphatic carbocycles. The van der Waals surface area contributed by atoms with E-state index < -0.39 is 43.5 Å². The van der Waals surface area contributed by atoms with E-state index in [1.165, 1.54) is 4.90 Å². The van der Waals surface area contributed by atoms with Gasteiger partial charge in [0, 0.05) is 19.4 Å². The molecule has 0 radical (unpaired) electrons. The Balaban J connectivity index is 2.02. The van der Waals surface area contributed by atoms with Gasteiger partial charge in [-0.05, 0) is 0 Å². The summed E-state index contributed by atoms with van der Waals surface area (Å²) < 4.78 is 18.9. The lowest BCUT2D eigenvalue weighted by atomic mass is 10.0. The molecule has 1 unspecified atom stereocenters. The summed E-state index contributed by atoms with van der Waals surface area (Å²) in [5.74, 6) is 0. The van der Waals surface area contributed by atoms with Crippen molar-refractivity contribution in [2.75, 3.05) is 13.2 Å². The fourth-order valence-electron chi connectivity index (χ4n) is 2.19. The first kappa shape index (κ1) is 13.5. The molecule has 0 saturated carbocycles. The molecule has 0 aromatic carbocycles.